The minimum absolute atomic E-state index is 0.0889. The van der Waals surface area contributed by atoms with Gasteiger partial charge in [0.25, 0.3) is 0 Å². The minimum atomic E-state index is -3.39. The molecule has 0 spiro atoms. The number of hydrogen-bond acceptors (Lipinski definition) is 8. The van der Waals surface area contributed by atoms with Crippen LogP contribution < -0.4 is 5.32 Å². The van der Waals surface area contributed by atoms with Crippen LogP contribution in [-0.4, -0.2) is 44.2 Å². The maximum atomic E-state index is 11.4. The van der Waals surface area contributed by atoms with Crippen molar-refractivity contribution in [2.45, 2.75) is 31.8 Å². The molecule has 0 saturated heterocycles. The van der Waals surface area contributed by atoms with Crippen LogP contribution in [0.1, 0.15) is 25.7 Å². The molecule has 0 radical (unpaired) electrons. The van der Waals surface area contributed by atoms with Gasteiger partial charge in [-0.2, -0.15) is 0 Å². The summed E-state index contributed by atoms with van der Waals surface area (Å²) in [6, 6.07) is 2.05. The average molecular weight is 373 g/mol. The van der Waals surface area contributed by atoms with Crippen LogP contribution in [0.25, 0.3) is 11.4 Å². The second kappa shape index (κ2) is 6.79. The van der Waals surface area contributed by atoms with E-state index in [0.717, 1.165) is 23.5 Å². The third kappa shape index (κ3) is 3.69. The smallest absolute Gasteiger partial charge is 0.228 e. The van der Waals surface area contributed by atoms with Crippen LogP contribution in [0.3, 0.4) is 0 Å². The molecular formula is C16H19N7O2S. The first-order valence-corrected chi connectivity index (χ1v) is 9.81. The Morgan fingerprint density at radius 1 is 1.08 bits per heavy atom. The minimum Gasteiger partial charge on any atom is -0.324 e. The van der Waals surface area contributed by atoms with Crippen molar-refractivity contribution in [2.75, 3.05) is 11.6 Å². The van der Waals surface area contributed by atoms with Gasteiger partial charge in [0, 0.05) is 18.5 Å². The third-order valence-corrected chi connectivity index (χ3v) is 4.63. The van der Waals surface area contributed by atoms with Crippen molar-refractivity contribution in [3.05, 3.63) is 36.7 Å². The molecule has 0 saturated carbocycles. The molecular weight excluding hydrogens is 354 g/mol. The number of aromatic nitrogens is 6. The number of anilines is 2. The second-order valence-corrected chi connectivity index (χ2v) is 8.02. The first-order valence-electron chi connectivity index (χ1n) is 7.92. The van der Waals surface area contributed by atoms with Crippen molar-refractivity contribution in [1.29, 1.82) is 0 Å². The fraction of sp³-hybridized carbons (Fsp3) is 0.312. The molecule has 3 rings (SSSR count). The fourth-order valence-corrected chi connectivity index (χ4v) is 3.03. The van der Waals surface area contributed by atoms with Crippen LogP contribution in [0.15, 0.2) is 35.9 Å². The number of nitrogens with zero attached hydrogens (tertiary/aromatic N) is 6. The van der Waals surface area contributed by atoms with Crippen LogP contribution in [0.5, 0.6) is 0 Å². The summed E-state index contributed by atoms with van der Waals surface area (Å²) in [6.45, 7) is 6.11. The van der Waals surface area contributed by atoms with Gasteiger partial charge in [0.2, 0.25) is 5.95 Å². The molecule has 0 aliphatic rings. The van der Waals surface area contributed by atoms with Gasteiger partial charge in [-0.05, 0) is 26.8 Å². The maximum absolute atomic E-state index is 11.4. The summed E-state index contributed by atoms with van der Waals surface area (Å²) in [5, 5.41) is 2.84. The SMILES string of the molecule is Cc1ncc(-c2ccnc(Nc3cnc(S(C)(=O)=O)cn3)n2)n1C(C)C. The molecule has 26 heavy (non-hydrogen) atoms. The molecule has 136 valence electrons. The zero-order valence-electron chi connectivity index (χ0n) is 14.9. The van der Waals surface area contributed by atoms with E-state index in [9.17, 15) is 8.42 Å². The van der Waals surface area contributed by atoms with Crippen LogP contribution in [0.4, 0.5) is 11.8 Å². The van der Waals surface area contributed by atoms with Crippen LogP contribution >= 0.6 is 0 Å². The van der Waals surface area contributed by atoms with Crippen LogP contribution in [0, 0.1) is 6.92 Å². The quantitative estimate of drug-likeness (QED) is 0.723. The first kappa shape index (κ1) is 17.9. The fourth-order valence-electron chi connectivity index (χ4n) is 2.54. The molecule has 0 amide bonds. The van der Waals surface area contributed by atoms with Crippen molar-refractivity contribution in [2.24, 2.45) is 0 Å². The lowest BCUT2D eigenvalue weighted by Crippen LogP contribution is -2.07. The highest BCUT2D eigenvalue weighted by atomic mass is 32.2. The van der Waals surface area contributed by atoms with Gasteiger partial charge in [-0.3, -0.25) is 0 Å². The van der Waals surface area contributed by atoms with E-state index in [2.05, 4.69) is 48.7 Å². The molecule has 1 N–H and O–H groups in total. The van der Waals surface area contributed by atoms with Gasteiger partial charge in [-0.1, -0.05) is 0 Å². The number of hydrogen-bond donors (Lipinski definition) is 1. The normalized spacial score (nSPS) is 11.7. The van der Waals surface area contributed by atoms with Gasteiger partial charge in [0.15, 0.2) is 20.7 Å². The molecule has 0 unspecified atom stereocenters. The lowest BCUT2D eigenvalue weighted by Gasteiger charge is -2.14. The third-order valence-electron chi connectivity index (χ3n) is 3.66. The monoisotopic (exact) mass is 373 g/mol. The number of nitrogens with one attached hydrogen (secondary N) is 1. The Hall–Kier alpha value is -2.88. The van der Waals surface area contributed by atoms with Crippen molar-refractivity contribution < 1.29 is 8.42 Å². The second-order valence-electron chi connectivity index (χ2n) is 6.06. The lowest BCUT2D eigenvalue weighted by molar-refractivity contribution is 0.587. The predicted molar refractivity (Wildman–Crippen MR) is 96.8 cm³/mol. The van der Waals surface area contributed by atoms with E-state index in [-0.39, 0.29) is 11.1 Å². The summed E-state index contributed by atoms with van der Waals surface area (Å²) in [4.78, 5) is 21.0. The van der Waals surface area contributed by atoms with Gasteiger partial charge in [-0.15, -0.1) is 0 Å². The number of imidazole rings is 1. The Morgan fingerprint density at radius 3 is 2.46 bits per heavy atom. The molecule has 9 nitrogen and oxygen atoms in total. The number of aryl methyl sites for hydroxylation is 1. The molecule has 0 aliphatic heterocycles. The zero-order valence-corrected chi connectivity index (χ0v) is 15.7. The van der Waals surface area contributed by atoms with Crippen LogP contribution in [0.2, 0.25) is 0 Å². The van der Waals surface area contributed by atoms with Crippen molar-refractivity contribution in [1.82, 2.24) is 29.5 Å². The summed E-state index contributed by atoms with van der Waals surface area (Å²) >= 11 is 0. The number of rotatable bonds is 5. The highest BCUT2D eigenvalue weighted by molar-refractivity contribution is 7.90. The van der Waals surface area contributed by atoms with Crippen molar-refractivity contribution >= 4 is 21.6 Å². The molecule has 3 aromatic heterocycles. The molecule has 0 aliphatic carbocycles. The van der Waals surface area contributed by atoms with E-state index < -0.39 is 9.84 Å². The van der Waals surface area contributed by atoms with Gasteiger partial charge in [0.05, 0.1) is 30.0 Å². The summed E-state index contributed by atoms with van der Waals surface area (Å²) in [6.07, 6.45) is 7.02. The Morgan fingerprint density at radius 2 is 1.85 bits per heavy atom. The summed E-state index contributed by atoms with van der Waals surface area (Å²) in [5.74, 6) is 1.59. The molecule has 10 heteroatoms. The summed E-state index contributed by atoms with van der Waals surface area (Å²) in [7, 11) is -3.39. The van der Waals surface area contributed by atoms with Gasteiger partial charge >= 0.3 is 0 Å². The topological polar surface area (TPSA) is 116 Å². The highest BCUT2D eigenvalue weighted by Gasteiger charge is 2.14. The van der Waals surface area contributed by atoms with E-state index in [1.807, 2.05) is 6.92 Å². The van der Waals surface area contributed by atoms with E-state index in [1.165, 1.54) is 12.4 Å². The average Bonchev–Trinajstić information content (AvgIpc) is 2.97. The Balaban J connectivity index is 1.89. The summed E-state index contributed by atoms with van der Waals surface area (Å²) < 4.78 is 25.0. The standard InChI is InChI=1S/C16H19N7O2S/c1-10(2)23-11(3)18-7-13(23)12-5-6-17-16(21-12)22-14-8-20-15(9-19-14)26(4,24)25/h5-10H,1-4H3,(H,17,19,21,22). The molecule has 3 heterocycles. The Labute approximate surface area is 151 Å². The van der Waals surface area contributed by atoms with Crippen molar-refractivity contribution in [3.63, 3.8) is 0 Å². The van der Waals surface area contributed by atoms with Gasteiger partial charge in [-0.25, -0.2) is 33.3 Å². The summed E-state index contributed by atoms with van der Waals surface area (Å²) in [5.41, 5.74) is 1.61. The van der Waals surface area contributed by atoms with Gasteiger partial charge in [0.1, 0.15) is 5.82 Å². The largest absolute Gasteiger partial charge is 0.324 e. The van der Waals surface area contributed by atoms with E-state index in [4.69, 9.17) is 0 Å². The maximum Gasteiger partial charge on any atom is 0.228 e. The van der Waals surface area contributed by atoms with E-state index >= 15 is 0 Å². The molecule has 0 atom stereocenters. The van der Waals surface area contributed by atoms with E-state index in [1.54, 1.807) is 18.5 Å². The molecule has 3 aromatic rings. The molecule has 0 bridgehead atoms. The predicted octanol–water partition coefficient (Wildman–Crippen LogP) is 2.17. The number of sulfone groups is 1. The molecule has 0 aromatic carbocycles. The van der Waals surface area contributed by atoms with Crippen molar-refractivity contribution in [3.8, 4) is 11.4 Å². The van der Waals surface area contributed by atoms with Crippen LogP contribution in [-0.2, 0) is 9.84 Å². The zero-order chi connectivity index (χ0) is 18.9. The van der Waals surface area contributed by atoms with E-state index in [0.29, 0.717) is 11.8 Å². The highest BCUT2D eigenvalue weighted by Crippen LogP contribution is 2.23. The molecule has 0 fully saturated rings. The Bertz CT molecular complexity index is 1030. The Kier molecular flexibility index (Phi) is 4.68. The first-order chi connectivity index (χ1) is 12.3. The lowest BCUT2D eigenvalue weighted by atomic mass is 10.2. The van der Waals surface area contributed by atoms with Gasteiger partial charge < -0.3 is 9.88 Å².